The van der Waals surface area contributed by atoms with E-state index in [-0.39, 0.29) is 16.5 Å². The summed E-state index contributed by atoms with van der Waals surface area (Å²) in [5.74, 6) is -0.779. The molecule has 1 aliphatic heterocycles. The summed E-state index contributed by atoms with van der Waals surface area (Å²) in [5.41, 5.74) is 1.26. The van der Waals surface area contributed by atoms with Crippen LogP contribution in [0.15, 0.2) is 70.9 Å². The molecule has 3 aromatic rings. The Labute approximate surface area is 165 Å². The molecule has 0 radical (unpaired) electrons. The molecule has 142 valence electrons. The maximum Gasteiger partial charge on any atom is 0.269 e. The number of amides is 2. The summed E-state index contributed by atoms with van der Waals surface area (Å²) in [5, 5.41) is 9.67. The smallest absolute Gasteiger partial charge is 0.269 e. The van der Waals surface area contributed by atoms with Crippen LogP contribution in [0.1, 0.15) is 21.3 Å². The number of thiophene rings is 1. The maximum absolute atomic E-state index is 13.2. The fourth-order valence-electron chi connectivity index (χ4n) is 3.14. The van der Waals surface area contributed by atoms with Crippen LogP contribution in [0.5, 0.6) is 0 Å². The van der Waals surface area contributed by atoms with Crippen LogP contribution in [0.4, 0.5) is 11.4 Å². The molecular weight excluding hydrogens is 398 g/mol. The zero-order valence-electron chi connectivity index (χ0n) is 14.4. The van der Waals surface area contributed by atoms with E-state index >= 15 is 0 Å². The number of rotatable bonds is 3. The van der Waals surface area contributed by atoms with E-state index in [0.29, 0.717) is 16.1 Å². The monoisotopic (exact) mass is 413 g/mol. The molecule has 9 heteroatoms. The molecule has 0 spiro atoms. The molecule has 0 aliphatic carbocycles. The molecule has 0 fully saturated rings. The van der Waals surface area contributed by atoms with Gasteiger partial charge < -0.3 is 5.32 Å². The van der Waals surface area contributed by atoms with Crippen molar-refractivity contribution in [1.29, 1.82) is 0 Å². The topological polar surface area (TPSA) is 110 Å². The number of benzene rings is 2. The predicted octanol–water partition coefficient (Wildman–Crippen LogP) is 2.74. The van der Waals surface area contributed by atoms with Crippen LogP contribution >= 0.6 is 11.3 Å². The van der Waals surface area contributed by atoms with Crippen LogP contribution in [-0.2, 0) is 14.8 Å². The summed E-state index contributed by atoms with van der Waals surface area (Å²) in [4.78, 5) is 27.9. The van der Waals surface area contributed by atoms with E-state index in [1.807, 2.05) is 6.07 Å². The number of nitrogens with zero attached hydrogens (tertiary/aromatic N) is 1. The van der Waals surface area contributed by atoms with Crippen molar-refractivity contribution in [3.8, 4) is 0 Å². The van der Waals surface area contributed by atoms with E-state index in [0.717, 1.165) is 0 Å². The van der Waals surface area contributed by atoms with E-state index < -0.39 is 22.0 Å². The number of nitrogens with two attached hydrogens (primary N) is 1. The van der Waals surface area contributed by atoms with Crippen molar-refractivity contribution in [3.63, 3.8) is 0 Å². The van der Waals surface area contributed by atoms with Gasteiger partial charge in [0.05, 0.1) is 21.1 Å². The third-order valence-corrected chi connectivity index (χ3v) is 6.16. The van der Waals surface area contributed by atoms with Gasteiger partial charge in [-0.1, -0.05) is 36.4 Å². The summed E-state index contributed by atoms with van der Waals surface area (Å²) in [7, 11) is -3.95. The highest BCUT2D eigenvalue weighted by molar-refractivity contribution is 7.89. The van der Waals surface area contributed by atoms with Crippen molar-refractivity contribution < 1.29 is 18.0 Å². The maximum atomic E-state index is 13.2. The second-order valence-corrected chi connectivity index (χ2v) is 8.69. The number of carbonyl (C=O) groups excluding carboxylic acids is 2. The first-order valence-corrected chi connectivity index (χ1v) is 10.7. The van der Waals surface area contributed by atoms with Crippen molar-refractivity contribution in [3.05, 3.63) is 76.5 Å². The average Bonchev–Trinajstić information content (AvgIpc) is 3.20. The normalized spacial score (nSPS) is 16.4. The van der Waals surface area contributed by atoms with Gasteiger partial charge >= 0.3 is 0 Å². The Balaban J connectivity index is 1.90. The van der Waals surface area contributed by atoms with Crippen molar-refractivity contribution in [2.75, 3.05) is 10.2 Å². The SMILES string of the molecule is NS(=O)(=O)c1ccc2c(c1)NC(=O)C(c1ccccc1)N2C(=O)c1cccs1. The number of carbonyl (C=O) groups is 2. The summed E-state index contributed by atoms with van der Waals surface area (Å²) in [6.45, 7) is 0. The van der Waals surface area contributed by atoms with Gasteiger partial charge in [-0.2, -0.15) is 0 Å². The first-order valence-electron chi connectivity index (χ1n) is 8.26. The number of sulfonamides is 1. The van der Waals surface area contributed by atoms with Gasteiger partial charge in [0.15, 0.2) is 0 Å². The number of fused-ring (bicyclic) bond motifs is 1. The first kappa shape index (κ1) is 18.4. The van der Waals surface area contributed by atoms with Gasteiger partial charge in [0.2, 0.25) is 10.0 Å². The number of primary sulfonamides is 1. The fourth-order valence-corrected chi connectivity index (χ4v) is 4.34. The van der Waals surface area contributed by atoms with Crippen molar-refractivity contribution in [2.45, 2.75) is 10.9 Å². The highest BCUT2D eigenvalue weighted by atomic mass is 32.2. The Bertz CT molecular complexity index is 1160. The van der Waals surface area contributed by atoms with Crippen molar-refractivity contribution in [2.24, 2.45) is 5.14 Å². The molecule has 0 bridgehead atoms. The van der Waals surface area contributed by atoms with Crippen LogP contribution in [-0.4, -0.2) is 20.2 Å². The van der Waals surface area contributed by atoms with E-state index in [1.165, 1.54) is 34.4 Å². The predicted molar refractivity (Wildman–Crippen MR) is 107 cm³/mol. The van der Waals surface area contributed by atoms with E-state index in [1.54, 1.807) is 41.8 Å². The lowest BCUT2D eigenvalue weighted by molar-refractivity contribution is -0.117. The molecule has 1 aromatic heterocycles. The highest BCUT2D eigenvalue weighted by Gasteiger charge is 2.39. The standard InChI is InChI=1S/C19H15N3O4S2/c20-28(25,26)13-8-9-15-14(11-13)21-18(23)17(12-5-2-1-3-6-12)22(15)19(24)16-7-4-10-27-16/h1-11,17H,(H,21,23)(H2,20,25,26). The molecule has 0 saturated heterocycles. The van der Waals surface area contributed by atoms with Gasteiger partial charge in [0, 0.05) is 0 Å². The molecule has 2 aromatic carbocycles. The van der Waals surface area contributed by atoms with Crippen LogP contribution in [0.3, 0.4) is 0 Å². The Hall–Kier alpha value is -3.01. The molecule has 0 saturated carbocycles. The van der Waals surface area contributed by atoms with E-state index in [9.17, 15) is 18.0 Å². The largest absolute Gasteiger partial charge is 0.322 e. The Morgan fingerprint density at radius 2 is 1.82 bits per heavy atom. The summed E-state index contributed by atoms with van der Waals surface area (Å²) < 4.78 is 23.3. The van der Waals surface area contributed by atoms with Gasteiger partial charge in [-0.25, -0.2) is 13.6 Å². The van der Waals surface area contributed by atoms with Crippen LogP contribution in [0.2, 0.25) is 0 Å². The molecule has 28 heavy (non-hydrogen) atoms. The zero-order chi connectivity index (χ0) is 19.9. The Morgan fingerprint density at radius 3 is 2.46 bits per heavy atom. The third-order valence-electron chi connectivity index (χ3n) is 4.39. The Kier molecular flexibility index (Phi) is 4.50. The van der Waals surface area contributed by atoms with Crippen molar-refractivity contribution >= 4 is 44.5 Å². The lowest BCUT2D eigenvalue weighted by Gasteiger charge is -2.36. The molecule has 7 nitrogen and oxygen atoms in total. The third kappa shape index (κ3) is 3.19. The van der Waals surface area contributed by atoms with Crippen LogP contribution in [0.25, 0.3) is 0 Å². The van der Waals surface area contributed by atoms with Crippen LogP contribution in [0, 0.1) is 0 Å². The molecule has 1 atom stereocenters. The second kappa shape index (κ2) is 6.86. The number of hydrogen-bond acceptors (Lipinski definition) is 5. The molecule has 2 heterocycles. The van der Waals surface area contributed by atoms with Gasteiger partial charge in [-0.05, 0) is 35.2 Å². The Morgan fingerprint density at radius 1 is 1.07 bits per heavy atom. The minimum Gasteiger partial charge on any atom is -0.322 e. The number of nitrogens with one attached hydrogen (secondary N) is 1. The minimum atomic E-state index is -3.95. The number of hydrogen-bond donors (Lipinski definition) is 2. The van der Waals surface area contributed by atoms with Gasteiger partial charge in [0.25, 0.3) is 11.8 Å². The fraction of sp³-hybridized carbons (Fsp3) is 0.0526. The van der Waals surface area contributed by atoms with Gasteiger partial charge in [-0.3, -0.25) is 14.5 Å². The summed E-state index contributed by atoms with van der Waals surface area (Å²) >= 11 is 1.27. The molecule has 3 N–H and O–H groups in total. The lowest BCUT2D eigenvalue weighted by atomic mass is 10.00. The minimum absolute atomic E-state index is 0.145. The molecule has 4 rings (SSSR count). The molecular formula is C19H15N3O4S2. The zero-order valence-corrected chi connectivity index (χ0v) is 16.0. The first-order chi connectivity index (χ1) is 13.4. The second-order valence-electron chi connectivity index (χ2n) is 6.18. The number of anilines is 2. The molecule has 1 unspecified atom stereocenters. The van der Waals surface area contributed by atoms with Crippen molar-refractivity contribution in [1.82, 2.24) is 0 Å². The van der Waals surface area contributed by atoms with Gasteiger partial charge in [-0.15, -0.1) is 11.3 Å². The van der Waals surface area contributed by atoms with Gasteiger partial charge in [0.1, 0.15) is 6.04 Å². The molecule has 2 amide bonds. The quantitative estimate of drug-likeness (QED) is 0.688. The van der Waals surface area contributed by atoms with E-state index in [4.69, 9.17) is 5.14 Å². The highest BCUT2D eigenvalue weighted by Crippen LogP contribution is 2.40. The molecule has 1 aliphatic rings. The average molecular weight is 413 g/mol. The summed E-state index contributed by atoms with van der Waals surface area (Å²) in [6.07, 6.45) is 0. The lowest BCUT2D eigenvalue weighted by Crippen LogP contribution is -2.45. The van der Waals surface area contributed by atoms with Crippen LogP contribution < -0.4 is 15.4 Å². The summed E-state index contributed by atoms with van der Waals surface area (Å²) in [6, 6.07) is 15.5. The van der Waals surface area contributed by atoms with E-state index in [2.05, 4.69) is 5.32 Å².